The van der Waals surface area contributed by atoms with Crippen molar-refractivity contribution in [3.05, 3.63) is 42.0 Å². The van der Waals surface area contributed by atoms with Crippen LogP contribution in [0.25, 0.3) is 0 Å². The summed E-state index contributed by atoms with van der Waals surface area (Å²) in [4.78, 5) is 40.3. The molecule has 1 aromatic rings. The van der Waals surface area contributed by atoms with Gasteiger partial charge in [-0.3, -0.25) is 18.6 Å². The van der Waals surface area contributed by atoms with Crippen LogP contribution in [0.15, 0.2) is 46.9 Å². The fourth-order valence-corrected chi connectivity index (χ4v) is 6.16. The Morgan fingerprint density at radius 2 is 1.76 bits per heavy atom. The smallest absolute Gasteiger partial charge is 0.310 e. The maximum Gasteiger partial charge on any atom is 0.310 e. The molecule has 5 nitrogen and oxygen atoms in total. The third-order valence-electron chi connectivity index (χ3n) is 6.55. The van der Waals surface area contributed by atoms with Gasteiger partial charge >= 0.3 is 5.97 Å². The molecule has 0 amide bonds. The minimum absolute atomic E-state index is 0.0162. The van der Waals surface area contributed by atoms with Gasteiger partial charge in [-0.15, -0.1) is 0 Å². The third-order valence-corrected chi connectivity index (χ3v) is 8.31. The molecule has 0 fully saturated rings. The average Bonchev–Trinajstić information content (AvgIpc) is 2.77. The van der Waals surface area contributed by atoms with E-state index >= 15 is 0 Å². The molecule has 0 heterocycles. The molecule has 0 radical (unpaired) electrons. The Balaban J connectivity index is 2.58. The van der Waals surface area contributed by atoms with E-state index in [0.29, 0.717) is 17.7 Å². The van der Waals surface area contributed by atoms with Crippen LogP contribution in [-0.2, 0) is 29.9 Å². The van der Waals surface area contributed by atoms with Crippen LogP contribution < -0.4 is 0 Å². The Kier molecular flexibility index (Phi) is 10.7. The van der Waals surface area contributed by atoms with Crippen molar-refractivity contribution in [1.29, 1.82) is 0 Å². The Morgan fingerprint density at radius 1 is 1.09 bits per heavy atom. The van der Waals surface area contributed by atoms with Crippen LogP contribution in [0, 0.1) is 23.7 Å². The van der Waals surface area contributed by atoms with E-state index in [2.05, 4.69) is 13.0 Å². The number of carbonyl (C=O) groups is 3. The Morgan fingerprint density at radius 3 is 2.36 bits per heavy atom. The minimum Gasteiger partial charge on any atom is -0.469 e. The van der Waals surface area contributed by atoms with Crippen molar-refractivity contribution in [3.63, 3.8) is 0 Å². The van der Waals surface area contributed by atoms with Crippen molar-refractivity contribution >= 4 is 28.3 Å². The van der Waals surface area contributed by atoms with E-state index in [1.54, 1.807) is 24.3 Å². The molecule has 0 aliphatic heterocycles. The number of ether oxygens (including phenoxy) is 1. The highest BCUT2D eigenvalue weighted by Crippen LogP contribution is 2.31. The number of Topliss-reactive ketones (excluding diaryl/α,β-unsaturated/α-hetero) is 2. The number of hydrogen-bond donors (Lipinski definition) is 0. The van der Waals surface area contributed by atoms with E-state index in [9.17, 15) is 18.6 Å². The second kappa shape index (κ2) is 13.0. The van der Waals surface area contributed by atoms with Gasteiger partial charge in [-0.1, -0.05) is 50.6 Å². The van der Waals surface area contributed by atoms with E-state index in [1.807, 2.05) is 26.8 Å². The highest BCUT2D eigenvalue weighted by atomic mass is 32.2. The predicted octanol–water partition coefficient (Wildman–Crippen LogP) is 5.30. The topological polar surface area (TPSA) is 77.5 Å². The molecule has 1 aromatic carbocycles. The zero-order valence-electron chi connectivity index (χ0n) is 20.5. The van der Waals surface area contributed by atoms with Gasteiger partial charge in [0.2, 0.25) is 0 Å². The van der Waals surface area contributed by atoms with Gasteiger partial charge in [0.25, 0.3) is 0 Å². The van der Waals surface area contributed by atoms with Gasteiger partial charge in [0.1, 0.15) is 11.0 Å². The summed E-state index contributed by atoms with van der Waals surface area (Å²) < 4.78 is 18.8. The summed E-state index contributed by atoms with van der Waals surface area (Å²) in [6, 6.07) is 8.73. The lowest BCUT2D eigenvalue weighted by atomic mass is 9.80. The first-order valence-electron chi connectivity index (χ1n) is 11.9. The van der Waals surface area contributed by atoms with E-state index < -0.39 is 27.9 Å². The second-order valence-corrected chi connectivity index (χ2v) is 11.2. The zero-order valence-corrected chi connectivity index (χ0v) is 21.4. The van der Waals surface area contributed by atoms with Crippen LogP contribution in [0.4, 0.5) is 0 Å². The number of ketones is 2. The van der Waals surface area contributed by atoms with Crippen LogP contribution in [0.5, 0.6) is 0 Å². The normalized spacial score (nSPS) is 26.9. The molecule has 0 N–H and O–H groups in total. The number of benzene rings is 1. The fraction of sp³-hybridized carbons (Fsp3) is 0.593. The zero-order chi connectivity index (χ0) is 24.5. The highest BCUT2D eigenvalue weighted by molar-refractivity contribution is 7.86. The Labute approximate surface area is 200 Å². The van der Waals surface area contributed by atoms with E-state index in [4.69, 9.17) is 4.74 Å². The lowest BCUT2D eigenvalue weighted by Gasteiger charge is -2.29. The van der Waals surface area contributed by atoms with Crippen LogP contribution in [0.1, 0.15) is 66.2 Å². The molecule has 0 saturated heterocycles. The number of rotatable bonds is 4. The molecular formula is C27H38O5S. The molecule has 182 valence electrons. The van der Waals surface area contributed by atoms with E-state index in [0.717, 1.165) is 19.3 Å². The maximum absolute atomic E-state index is 13.9. The van der Waals surface area contributed by atoms with Crippen LogP contribution in [0.2, 0.25) is 0 Å². The standard InChI is InChI=1S/C27H38O5S/c1-18(2)23-15-14-19(3)10-9-11-20(4)16-21(28)17-24(27(30)32-5)26(25(23)29)33(31)22-12-7-6-8-13-22/h6-8,10,12-13,18,20,23-24,26H,9,11,14-17H2,1-5H3. The van der Waals surface area contributed by atoms with Crippen molar-refractivity contribution in [2.75, 3.05) is 7.11 Å². The molecular weight excluding hydrogens is 436 g/mol. The number of hydrogen-bond acceptors (Lipinski definition) is 5. The first kappa shape index (κ1) is 27.2. The molecule has 6 heteroatoms. The van der Waals surface area contributed by atoms with Gasteiger partial charge in [-0.2, -0.15) is 0 Å². The molecule has 1 aliphatic rings. The summed E-state index contributed by atoms with van der Waals surface area (Å²) in [7, 11) is -0.537. The molecule has 5 atom stereocenters. The first-order chi connectivity index (χ1) is 15.6. The average molecular weight is 475 g/mol. The first-order valence-corrected chi connectivity index (χ1v) is 13.1. The Hall–Kier alpha value is -2.08. The highest BCUT2D eigenvalue weighted by Gasteiger charge is 2.43. The van der Waals surface area contributed by atoms with Crippen LogP contribution >= 0.6 is 0 Å². The number of methoxy groups -OCH3 is 1. The summed E-state index contributed by atoms with van der Waals surface area (Å²) in [6.07, 6.45) is 5.57. The number of esters is 1. The summed E-state index contributed by atoms with van der Waals surface area (Å²) in [5.74, 6) is -2.21. The monoisotopic (exact) mass is 474 g/mol. The predicted molar refractivity (Wildman–Crippen MR) is 131 cm³/mol. The summed E-state index contributed by atoms with van der Waals surface area (Å²) in [5, 5.41) is -1.13. The van der Waals surface area contributed by atoms with E-state index in [1.165, 1.54) is 12.7 Å². The molecule has 0 saturated carbocycles. The third kappa shape index (κ3) is 7.73. The molecule has 0 aromatic heterocycles. The second-order valence-electron chi connectivity index (χ2n) is 9.63. The largest absolute Gasteiger partial charge is 0.469 e. The lowest BCUT2D eigenvalue weighted by Crippen LogP contribution is -2.44. The van der Waals surface area contributed by atoms with Crippen molar-refractivity contribution in [2.24, 2.45) is 23.7 Å². The van der Waals surface area contributed by atoms with Crippen LogP contribution in [-0.4, -0.2) is 34.1 Å². The molecule has 5 unspecified atom stereocenters. The van der Waals surface area contributed by atoms with Gasteiger partial charge in [-0.25, -0.2) is 0 Å². The SMILES string of the molecule is COC(=O)C1CC(=O)CC(C)CCC=C(C)CCC(C(C)C)C(=O)C1S(=O)c1ccccc1. The van der Waals surface area contributed by atoms with Crippen molar-refractivity contribution in [3.8, 4) is 0 Å². The molecule has 1 aliphatic carbocycles. The van der Waals surface area contributed by atoms with Gasteiger partial charge in [0.15, 0.2) is 5.78 Å². The maximum atomic E-state index is 13.9. The van der Waals surface area contributed by atoms with Gasteiger partial charge in [0, 0.05) is 23.7 Å². The number of allylic oxidation sites excluding steroid dienone is 2. The number of carbonyl (C=O) groups excluding carboxylic acids is 3. The van der Waals surface area contributed by atoms with Crippen molar-refractivity contribution < 1.29 is 23.3 Å². The molecule has 33 heavy (non-hydrogen) atoms. The summed E-state index contributed by atoms with van der Waals surface area (Å²) in [5.41, 5.74) is 1.22. The van der Waals surface area contributed by atoms with E-state index in [-0.39, 0.29) is 35.7 Å². The quantitative estimate of drug-likeness (QED) is 0.437. The summed E-state index contributed by atoms with van der Waals surface area (Å²) in [6.45, 7) is 8.06. The van der Waals surface area contributed by atoms with Crippen molar-refractivity contribution in [1.82, 2.24) is 0 Å². The molecule has 2 rings (SSSR count). The summed E-state index contributed by atoms with van der Waals surface area (Å²) >= 11 is 0. The minimum atomic E-state index is -1.79. The van der Waals surface area contributed by atoms with Crippen molar-refractivity contribution in [2.45, 2.75) is 76.4 Å². The van der Waals surface area contributed by atoms with Gasteiger partial charge < -0.3 is 4.74 Å². The van der Waals surface area contributed by atoms with Crippen LogP contribution in [0.3, 0.4) is 0 Å². The molecule has 0 spiro atoms. The van der Waals surface area contributed by atoms with Gasteiger partial charge in [0.05, 0.1) is 23.8 Å². The van der Waals surface area contributed by atoms with Gasteiger partial charge in [-0.05, 0) is 56.6 Å². The lowest BCUT2D eigenvalue weighted by molar-refractivity contribution is -0.149. The molecule has 0 bridgehead atoms. The fourth-order valence-electron chi connectivity index (χ4n) is 4.55. The Bertz CT molecular complexity index is 874.